The van der Waals surface area contributed by atoms with Gasteiger partial charge in [-0.25, -0.2) is 0 Å². The van der Waals surface area contributed by atoms with Crippen molar-refractivity contribution in [3.63, 3.8) is 0 Å². The Kier molecular flexibility index (Phi) is 5.41. The molecule has 1 aliphatic rings. The van der Waals surface area contributed by atoms with Crippen LogP contribution in [-0.4, -0.2) is 32.0 Å². The first-order valence-corrected chi connectivity index (χ1v) is 7.74. The first-order valence-electron chi connectivity index (χ1n) is 7.74. The normalized spacial score (nSPS) is 17.9. The Labute approximate surface area is 131 Å². The SMILES string of the molecule is COc1ccccc1N1CC(C(=O)NCCC(C)C)CC1=O. The molecule has 0 bridgehead atoms. The second kappa shape index (κ2) is 7.29. The van der Waals surface area contributed by atoms with Crippen molar-refractivity contribution in [2.75, 3.05) is 25.1 Å². The number of nitrogens with one attached hydrogen (secondary N) is 1. The van der Waals surface area contributed by atoms with Crippen LogP contribution < -0.4 is 15.0 Å². The van der Waals surface area contributed by atoms with Gasteiger partial charge in [0.1, 0.15) is 5.75 Å². The molecule has 22 heavy (non-hydrogen) atoms. The molecule has 1 aromatic rings. The van der Waals surface area contributed by atoms with Crippen LogP contribution in [0.5, 0.6) is 5.75 Å². The largest absolute Gasteiger partial charge is 0.495 e. The number of anilines is 1. The average molecular weight is 304 g/mol. The molecule has 5 nitrogen and oxygen atoms in total. The Morgan fingerprint density at radius 2 is 2.14 bits per heavy atom. The van der Waals surface area contributed by atoms with E-state index >= 15 is 0 Å². The minimum Gasteiger partial charge on any atom is -0.495 e. The number of amides is 2. The van der Waals surface area contributed by atoms with Gasteiger partial charge in [0.25, 0.3) is 0 Å². The lowest BCUT2D eigenvalue weighted by atomic mass is 10.1. The van der Waals surface area contributed by atoms with Gasteiger partial charge in [-0.2, -0.15) is 0 Å². The summed E-state index contributed by atoms with van der Waals surface area (Å²) in [6.07, 6.45) is 1.20. The van der Waals surface area contributed by atoms with E-state index in [1.165, 1.54) is 0 Å². The molecule has 1 saturated heterocycles. The first-order chi connectivity index (χ1) is 10.5. The van der Waals surface area contributed by atoms with E-state index in [0.717, 1.165) is 12.1 Å². The molecule has 0 spiro atoms. The van der Waals surface area contributed by atoms with E-state index in [4.69, 9.17) is 4.74 Å². The van der Waals surface area contributed by atoms with Crippen LogP contribution >= 0.6 is 0 Å². The summed E-state index contributed by atoms with van der Waals surface area (Å²) >= 11 is 0. The molecule has 0 aromatic heterocycles. The Balaban J connectivity index is 2.00. The van der Waals surface area contributed by atoms with Crippen LogP contribution in [0.2, 0.25) is 0 Å². The molecule has 2 rings (SSSR count). The summed E-state index contributed by atoms with van der Waals surface area (Å²) in [5, 5.41) is 2.93. The van der Waals surface area contributed by atoms with Gasteiger partial charge in [0.2, 0.25) is 11.8 Å². The van der Waals surface area contributed by atoms with Crippen molar-refractivity contribution < 1.29 is 14.3 Å². The molecule has 2 amide bonds. The highest BCUT2D eigenvalue weighted by molar-refractivity contribution is 6.01. The van der Waals surface area contributed by atoms with Gasteiger partial charge in [-0.1, -0.05) is 26.0 Å². The zero-order chi connectivity index (χ0) is 16.1. The Hall–Kier alpha value is -2.04. The monoisotopic (exact) mass is 304 g/mol. The van der Waals surface area contributed by atoms with Gasteiger partial charge < -0.3 is 15.0 Å². The molecule has 1 aliphatic heterocycles. The van der Waals surface area contributed by atoms with E-state index in [-0.39, 0.29) is 24.2 Å². The van der Waals surface area contributed by atoms with E-state index in [0.29, 0.717) is 24.8 Å². The van der Waals surface area contributed by atoms with E-state index in [1.807, 2.05) is 24.3 Å². The van der Waals surface area contributed by atoms with Crippen LogP contribution in [0.1, 0.15) is 26.7 Å². The average Bonchev–Trinajstić information content (AvgIpc) is 2.88. The van der Waals surface area contributed by atoms with Crippen LogP contribution in [0.4, 0.5) is 5.69 Å². The van der Waals surface area contributed by atoms with Crippen LogP contribution in [0.25, 0.3) is 0 Å². The molecule has 5 heteroatoms. The van der Waals surface area contributed by atoms with Crippen molar-refractivity contribution in [2.45, 2.75) is 26.7 Å². The topological polar surface area (TPSA) is 58.6 Å². The standard InChI is InChI=1S/C17H24N2O3/c1-12(2)8-9-18-17(21)13-10-16(20)19(11-13)14-6-4-5-7-15(14)22-3/h4-7,12-13H,8-11H2,1-3H3,(H,18,21). The fourth-order valence-electron chi connectivity index (χ4n) is 2.60. The van der Waals surface area contributed by atoms with Gasteiger partial charge >= 0.3 is 0 Å². The van der Waals surface area contributed by atoms with Crippen LogP contribution in [-0.2, 0) is 9.59 Å². The fourth-order valence-corrected chi connectivity index (χ4v) is 2.60. The Morgan fingerprint density at radius 3 is 2.82 bits per heavy atom. The molecular weight excluding hydrogens is 280 g/mol. The van der Waals surface area contributed by atoms with E-state index in [1.54, 1.807) is 12.0 Å². The van der Waals surface area contributed by atoms with Gasteiger partial charge in [0.05, 0.1) is 18.7 Å². The van der Waals surface area contributed by atoms with Gasteiger partial charge in [-0.05, 0) is 24.5 Å². The van der Waals surface area contributed by atoms with E-state index < -0.39 is 0 Å². The number of hydrogen-bond acceptors (Lipinski definition) is 3. The number of ether oxygens (including phenoxy) is 1. The zero-order valence-electron chi connectivity index (χ0n) is 13.5. The predicted octanol–water partition coefficient (Wildman–Crippen LogP) is 2.21. The highest BCUT2D eigenvalue weighted by Gasteiger charge is 2.35. The van der Waals surface area contributed by atoms with Gasteiger partial charge in [0, 0.05) is 19.5 Å². The molecule has 1 heterocycles. The lowest BCUT2D eigenvalue weighted by molar-refractivity contribution is -0.126. The number of carbonyl (C=O) groups is 2. The molecule has 1 N–H and O–H groups in total. The van der Waals surface area contributed by atoms with E-state index in [2.05, 4.69) is 19.2 Å². The second-order valence-electron chi connectivity index (χ2n) is 6.05. The fraction of sp³-hybridized carbons (Fsp3) is 0.529. The molecular formula is C17H24N2O3. The quantitative estimate of drug-likeness (QED) is 0.876. The van der Waals surface area contributed by atoms with Gasteiger partial charge in [0.15, 0.2) is 0 Å². The summed E-state index contributed by atoms with van der Waals surface area (Å²) in [6.45, 7) is 5.31. The van der Waals surface area contributed by atoms with Gasteiger partial charge in [-0.15, -0.1) is 0 Å². The smallest absolute Gasteiger partial charge is 0.227 e. The maximum absolute atomic E-state index is 12.2. The Bertz CT molecular complexity index is 542. The number of benzene rings is 1. The van der Waals surface area contributed by atoms with Crippen molar-refractivity contribution in [1.29, 1.82) is 0 Å². The van der Waals surface area contributed by atoms with Crippen molar-refractivity contribution in [3.05, 3.63) is 24.3 Å². The highest BCUT2D eigenvalue weighted by Crippen LogP contribution is 2.32. The summed E-state index contributed by atoms with van der Waals surface area (Å²) in [5.74, 6) is 0.844. The maximum atomic E-state index is 12.2. The lowest BCUT2D eigenvalue weighted by Crippen LogP contribution is -2.34. The van der Waals surface area contributed by atoms with Crippen LogP contribution in [0, 0.1) is 11.8 Å². The Morgan fingerprint density at radius 1 is 1.41 bits per heavy atom. The molecule has 1 aromatic carbocycles. The predicted molar refractivity (Wildman–Crippen MR) is 85.9 cm³/mol. The summed E-state index contributed by atoms with van der Waals surface area (Å²) in [7, 11) is 1.58. The highest BCUT2D eigenvalue weighted by atomic mass is 16.5. The van der Waals surface area contributed by atoms with E-state index in [9.17, 15) is 9.59 Å². The maximum Gasteiger partial charge on any atom is 0.227 e. The number of carbonyl (C=O) groups excluding carboxylic acids is 2. The third-order valence-corrected chi connectivity index (χ3v) is 3.89. The lowest BCUT2D eigenvalue weighted by Gasteiger charge is -2.19. The van der Waals surface area contributed by atoms with Gasteiger partial charge in [-0.3, -0.25) is 9.59 Å². The van der Waals surface area contributed by atoms with Crippen molar-refractivity contribution in [2.24, 2.45) is 11.8 Å². The molecule has 0 saturated carbocycles. The third-order valence-electron chi connectivity index (χ3n) is 3.89. The number of hydrogen-bond donors (Lipinski definition) is 1. The molecule has 1 atom stereocenters. The van der Waals surface area contributed by atoms with Crippen LogP contribution in [0.3, 0.4) is 0 Å². The summed E-state index contributed by atoms with van der Waals surface area (Å²) in [4.78, 5) is 26.1. The first kappa shape index (κ1) is 16.3. The number of methoxy groups -OCH3 is 1. The molecule has 1 unspecified atom stereocenters. The summed E-state index contributed by atoms with van der Waals surface area (Å²) in [5.41, 5.74) is 0.729. The minimum absolute atomic E-state index is 0.0338. The second-order valence-corrected chi connectivity index (χ2v) is 6.05. The molecule has 0 aliphatic carbocycles. The third kappa shape index (κ3) is 3.78. The minimum atomic E-state index is -0.287. The van der Waals surface area contributed by atoms with Crippen molar-refractivity contribution in [3.8, 4) is 5.75 Å². The number of rotatable bonds is 6. The van der Waals surface area contributed by atoms with Crippen LogP contribution in [0.15, 0.2) is 24.3 Å². The summed E-state index contributed by atoms with van der Waals surface area (Å²) < 4.78 is 5.30. The van der Waals surface area contributed by atoms with Crippen molar-refractivity contribution in [1.82, 2.24) is 5.32 Å². The van der Waals surface area contributed by atoms with Crippen molar-refractivity contribution >= 4 is 17.5 Å². The molecule has 0 radical (unpaired) electrons. The summed E-state index contributed by atoms with van der Waals surface area (Å²) in [6, 6.07) is 7.38. The number of para-hydroxylation sites is 2. The molecule has 1 fully saturated rings. The molecule has 120 valence electrons. The number of nitrogens with zero attached hydrogens (tertiary/aromatic N) is 1. The zero-order valence-corrected chi connectivity index (χ0v) is 13.5.